The Hall–Kier alpha value is -4.98. The minimum Gasteiger partial charge on any atom is -0.870 e. The maximum Gasteiger partial charge on any atom is 1.00 e. The van der Waals surface area contributed by atoms with Crippen LogP contribution in [0.2, 0.25) is 0 Å². The van der Waals surface area contributed by atoms with Gasteiger partial charge in [-0.25, -0.2) is 0 Å². The van der Waals surface area contributed by atoms with Crippen LogP contribution in [0.4, 0.5) is 0 Å². The van der Waals surface area contributed by atoms with Crippen LogP contribution >= 0.6 is 0 Å². The summed E-state index contributed by atoms with van der Waals surface area (Å²) in [5.41, 5.74) is -0.800. The third-order valence-corrected chi connectivity index (χ3v) is 17.4. The quantitative estimate of drug-likeness (QED) is 0.118. The van der Waals surface area contributed by atoms with Crippen molar-refractivity contribution in [2.45, 2.75) is 71.7 Å². The van der Waals surface area contributed by atoms with Crippen LogP contribution in [0.15, 0.2) is 134 Å². The van der Waals surface area contributed by atoms with Gasteiger partial charge >= 0.3 is 35.5 Å². The summed E-state index contributed by atoms with van der Waals surface area (Å²) < 4.78 is 10.3. The van der Waals surface area contributed by atoms with Crippen LogP contribution in [0.25, 0.3) is 0 Å². The number of ketones is 7. The molecule has 410 valence electrons. The maximum absolute atomic E-state index is 12.1. The minimum absolute atomic E-state index is 0. The molecule has 0 radical (unpaired) electrons. The molecule has 5 saturated carbocycles. The van der Waals surface area contributed by atoms with E-state index in [-0.39, 0.29) is 184 Å². The standard InChI is InChI=1S/C13H14O3.C11H10O3.C11H14O2.C11H10O2.C6H4O2.C5H6.C2H6O.CH4.Na.3H2O/c1-2-16-12(15)13-6-5-10(14)11(13)8-3-4-9(13)7-8;12-8-6-4-1-2-5(3-4)7(6)9(13)11-10(8)14-11;12-6-11-4-3-9(13)10(11)7-1-2-8(11)5-7;12-8-3-4-9(13)11-7-2-1-6(5-7)10(8)11;7-5-1-2-6(8)4-3-5;1-2-4-5-3-1;1-2-3;;;;;/h3-6,8-9,11H,2,7H2,1H3;1-2,4-7,10-11H,3H2;1-4,7-10,12-13H,5-6H2;1-4,6-7,10-11H,5H2;1-4H;1-4H,5H2;3H,2H2,1H3;1H4;;3*1H2/q;;;;;;;;+1;;;/p-1/t8?,9?,11?,13-;4?,5?,6-,7+,10?,11?;7?,8?,9-,10?,11+;6?,7?,10-,11+;;;;;;;;/m1.0........./s1. The number of aliphatic hydroxyl groups is 3. The Morgan fingerprint density at radius 3 is 1.51 bits per heavy atom. The van der Waals surface area contributed by atoms with E-state index in [1.54, 1.807) is 26.0 Å². The molecule has 14 aliphatic carbocycles. The zero-order valence-corrected chi connectivity index (χ0v) is 45.0. The van der Waals surface area contributed by atoms with Crippen LogP contribution < -0.4 is 29.6 Å². The van der Waals surface area contributed by atoms with E-state index < -0.39 is 5.41 Å². The van der Waals surface area contributed by atoms with E-state index in [2.05, 4.69) is 72.9 Å². The van der Waals surface area contributed by atoms with Crippen LogP contribution in [0.3, 0.4) is 0 Å². The number of allylic oxidation sites excluding steroid dienone is 19. The van der Waals surface area contributed by atoms with E-state index in [0.29, 0.717) is 42.1 Å². The van der Waals surface area contributed by atoms with Gasteiger partial charge in [0, 0.05) is 47.5 Å². The summed E-state index contributed by atoms with van der Waals surface area (Å²) in [7, 11) is 0. The van der Waals surface area contributed by atoms with Gasteiger partial charge in [-0.1, -0.05) is 98.6 Å². The molecule has 15 aliphatic rings. The summed E-state index contributed by atoms with van der Waals surface area (Å²) in [5.74, 6) is 2.92. The molecule has 0 spiro atoms. The normalized spacial score (nSPS) is 39.8. The number of fused-ring (bicyclic) bond motifs is 21. The number of rotatable bonds is 3. The molecular weight excluding hydrogens is 1000 g/mol. The second-order valence-corrected chi connectivity index (χ2v) is 21.1. The fraction of sp³-hybridized carbons (Fsp3) is 0.500. The average Bonchev–Trinajstić information content (AvgIpc) is 4.26. The number of ether oxygens (including phenoxy) is 2. The van der Waals surface area contributed by atoms with Gasteiger partial charge in [-0.05, 0) is 136 Å². The molecule has 1 heterocycles. The third kappa shape index (κ3) is 11.8. The van der Waals surface area contributed by atoms with Gasteiger partial charge in [-0.3, -0.25) is 38.4 Å². The molecule has 17 heteroatoms. The Bertz CT molecular complexity index is 2500. The number of hydrogen-bond donors (Lipinski definition) is 3. The molecule has 1 saturated heterocycles. The van der Waals surface area contributed by atoms with Crippen LogP contribution in [0.5, 0.6) is 0 Å². The summed E-state index contributed by atoms with van der Waals surface area (Å²) in [6, 6.07) is 0. The van der Waals surface area contributed by atoms with Crippen molar-refractivity contribution in [1.29, 1.82) is 0 Å². The van der Waals surface area contributed by atoms with Crippen LogP contribution in [0.1, 0.15) is 53.4 Å². The Labute approximate surface area is 471 Å². The van der Waals surface area contributed by atoms with Crippen molar-refractivity contribution in [1.82, 2.24) is 0 Å². The Balaban J connectivity index is 0.000000199. The minimum atomic E-state index is -0.674. The molecule has 12 unspecified atom stereocenters. The Morgan fingerprint density at radius 2 is 1.05 bits per heavy atom. The monoisotopic (exact) mass is 1070 g/mol. The van der Waals surface area contributed by atoms with Gasteiger partial charge in [0.05, 0.1) is 19.3 Å². The summed E-state index contributed by atoms with van der Waals surface area (Å²) in [6.45, 7) is 4.28. The molecular formula is C60H73NaO16. The predicted molar refractivity (Wildman–Crippen MR) is 279 cm³/mol. The molecule has 0 aromatic carbocycles. The van der Waals surface area contributed by atoms with Gasteiger partial charge in [0.1, 0.15) is 5.41 Å². The van der Waals surface area contributed by atoms with E-state index in [9.17, 15) is 48.6 Å². The number of carbonyl (C=O) groups is 8. The second kappa shape index (κ2) is 26.8. The molecule has 6 fully saturated rings. The Morgan fingerprint density at radius 1 is 0.597 bits per heavy atom. The molecule has 1 aliphatic heterocycles. The first kappa shape index (κ1) is 64.5. The molecule has 8 N–H and O–H groups in total. The molecule has 16 nitrogen and oxygen atoms in total. The molecule has 0 amide bonds. The van der Waals surface area contributed by atoms with Crippen molar-refractivity contribution in [2.24, 2.45) is 93.7 Å². The summed E-state index contributed by atoms with van der Waals surface area (Å²) in [5, 5.41) is 26.8. The predicted octanol–water partition coefficient (Wildman–Crippen LogP) is 1.26. The third-order valence-electron chi connectivity index (χ3n) is 17.4. The van der Waals surface area contributed by atoms with E-state index in [0.717, 1.165) is 32.1 Å². The van der Waals surface area contributed by atoms with E-state index in [1.807, 2.05) is 12.2 Å². The topological polar surface area (TPSA) is 312 Å². The first-order valence-electron chi connectivity index (χ1n) is 25.7. The summed E-state index contributed by atoms with van der Waals surface area (Å²) in [4.78, 5) is 91.3. The van der Waals surface area contributed by atoms with E-state index >= 15 is 0 Å². The molecule has 0 aromatic heterocycles. The number of carbonyl (C=O) groups excluding carboxylic acids is 8. The van der Waals surface area contributed by atoms with Gasteiger partial charge < -0.3 is 41.2 Å². The number of esters is 1. The van der Waals surface area contributed by atoms with Crippen molar-refractivity contribution < 1.29 is 109 Å². The van der Waals surface area contributed by atoms with Gasteiger partial charge in [-0.2, -0.15) is 0 Å². The van der Waals surface area contributed by atoms with E-state index in [4.69, 9.17) is 14.6 Å². The van der Waals surface area contributed by atoms with Crippen LogP contribution in [-0.2, 0) is 47.8 Å². The summed E-state index contributed by atoms with van der Waals surface area (Å²) in [6.07, 6.45) is 44.6. The smallest absolute Gasteiger partial charge is 0.870 e. The summed E-state index contributed by atoms with van der Waals surface area (Å²) >= 11 is 0. The van der Waals surface area contributed by atoms with Gasteiger partial charge in [-0.15, -0.1) is 0 Å². The van der Waals surface area contributed by atoms with Crippen molar-refractivity contribution in [3.63, 3.8) is 0 Å². The average molecular weight is 1070 g/mol. The fourth-order valence-corrected chi connectivity index (χ4v) is 14.4. The van der Waals surface area contributed by atoms with Crippen molar-refractivity contribution in [3.05, 3.63) is 134 Å². The van der Waals surface area contributed by atoms with Gasteiger partial charge in [0.15, 0.2) is 52.7 Å². The molecule has 19 atom stereocenters. The van der Waals surface area contributed by atoms with Crippen LogP contribution in [-0.4, -0.2) is 116 Å². The molecule has 77 heavy (non-hydrogen) atoms. The van der Waals surface area contributed by atoms with Crippen molar-refractivity contribution in [2.75, 3.05) is 19.8 Å². The van der Waals surface area contributed by atoms with Crippen molar-refractivity contribution >= 4 is 46.5 Å². The zero-order valence-electron chi connectivity index (χ0n) is 43.0. The molecule has 0 aromatic rings. The number of epoxide rings is 1. The van der Waals surface area contributed by atoms with Crippen molar-refractivity contribution in [3.8, 4) is 0 Å². The van der Waals surface area contributed by atoms with Crippen LogP contribution in [0, 0.1) is 93.7 Å². The second-order valence-electron chi connectivity index (χ2n) is 21.1. The fourth-order valence-electron chi connectivity index (χ4n) is 14.4. The van der Waals surface area contributed by atoms with Gasteiger partial charge in [0.25, 0.3) is 0 Å². The first-order valence-corrected chi connectivity index (χ1v) is 25.7. The number of hydrogen-bond acceptors (Lipinski definition) is 14. The SMILES string of the molecule is C.C1=CCC=C1.CCO.CCOC(=O)[C@@]12C=CC(=O)C1C1C=CC2C1.O.O.O=C1C2OC2C(=O)[C@H]2C3C=CC(C3)[C@@H]12.O=C1C=CC(=O)C=C1.O=C1C=CC(=O)[C@H]2C3C=CC(C3)[C@@H]12.OC[C@@]12C=C[C@H](O)C1C1C=CC2C1.[Na+].[OH-]. The first-order chi connectivity index (χ1) is 34.7. The van der Waals surface area contributed by atoms with Gasteiger partial charge in [0.2, 0.25) is 0 Å². The molecule has 8 bridgehead atoms. The maximum atomic E-state index is 12.1. The zero-order chi connectivity index (χ0) is 51.1. The molecule has 15 rings (SSSR count). The van der Waals surface area contributed by atoms with E-state index in [1.165, 1.54) is 36.5 Å². The Kier molecular flexibility index (Phi) is 22.5. The largest absolute Gasteiger partial charge is 1.00 e. The number of Topliss-reactive ketones (excluding diaryl/α,β-unsaturated/α-hetero) is 2. The number of aliphatic hydroxyl groups excluding tert-OH is 3.